The molecule has 88 valence electrons. The Labute approximate surface area is 102 Å². The molecule has 0 unspecified atom stereocenters. The molecule has 0 N–H and O–H groups in total. The third-order valence-electron chi connectivity index (χ3n) is 2.88. The molecule has 1 saturated heterocycles. The lowest BCUT2D eigenvalue weighted by Gasteiger charge is -2.30. The highest BCUT2D eigenvalue weighted by Gasteiger charge is 2.16. The maximum Gasteiger partial charge on any atom is 0.298 e. The zero-order valence-electron chi connectivity index (χ0n) is 10.0. The van der Waals surface area contributed by atoms with Gasteiger partial charge < -0.3 is 9.80 Å². The van der Waals surface area contributed by atoms with E-state index >= 15 is 0 Å². The summed E-state index contributed by atoms with van der Waals surface area (Å²) in [6.45, 7) is 3.41. The Morgan fingerprint density at radius 2 is 1.76 bits per heavy atom. The molecule has 3 nitrogen and oxygen atoms in total. The number of amides is 1. The van der Waals surface area contributed by atoms with E-state index in [4.69, 9.17) is 0 Å². The zero-order chi connectivity index (χ0) is 12.1. The van der Waals surface area contributed by atoms with Gasteiger partial charge in [-0.2, -0.15) is 0 Å². The van der Waals surface area contributed by atoms with Gasteiger partial charge in [0.1, 0.15) is 0 Å². The van der Waals surface area contributed by atoms with Crippen molar-refractivity contribution in [2.75, 3.05) is 33.2 Å². The molecule has 0 aliphatic carbocycles. The van der Waals surface area contributed by atoms with Crippen molar-refractivity contribution in [3.05, 3.63) is 35.9 Å². The monoisotopic (exact) mass is 228 g/mol. The van der Waals surface area contributed by atoms with Gasteiger partial charge >= 0.3 is 0 Å². The highest BCUT2D eigenvalue weighted by molar-refractivity contribution is 5.94. The second-order valence-corrected chi connectivity index (χ2v) is 4.21. The van der Waals surface area contributed by atoms with Crippen LogP contribution in [0.2, 0.25) is 0 Å². The van der Waals surface area contributed by atoms with E-state index in [0.29, 0.717) is 0 Å². The molecule has 1 amide bonds. The van der Waals surface area contributed by atoms with Gasteiger partial charge in [0.15, 0.2) is 0 Å². The standard InChI is InChI=1S/C14H16N2O/c1-15-9-11-16(12-10-15)14(17)8-7-13-5-3-2-4-6-13/h2-6H,9-12H2,1H3. The molecule has 0 aromatic heterocycles. The van der Waals surface area contributed by atoms with E-state index in [9.17, 15) is 4.79 Å². The van der Waals surface area contributed by atoms with Crippen molar-refractivity contribution in [3.8, 4) is 11.8 Å². The number of nitrogens with zero attached hydrogens (tertiary/aromatic N) is 2. The SMILES string of the molecule is CN1CCN(C(=O)C#Cc2ccccc2)CC1. The summed E-state index contributed by atoms with van der Waals surface area (Å²) < 4.78 is 0. The maximum absolute atomic E-state index is 11.8. The van der Waals surface area contributed by atoms with E-state index in [0.717, 1.165) is 31.7 Å². The first-order valence-corrected chi connectivity index (χ1v) is 5.80. The van der Waals surface area contributed by atoms with Gasteiger partial charge in [-0.25, -0.2) is 0 Å². The van der Waals surface area contributed by atoms with Gasteiger partial charge in [-0.1, -0.05) is 24.1 Å². The summed E-state index contributed by atoms with van der Waals surface area (Å²) in [5.74, 6) is 5.53. The molecule has 1 aromatic carbocycles. The predicted molar refractivity (Wildman–Crippen MR) is 67.4 cm³/mol. The Hall–Kier alpha value is -1.79. The number of hydrogen-bond donors (Lipinski definition) is 0. The molecule has 1 aliphatic rings. The molecule has 0 saturated carbocycles. The third kappa shape index (κ3) is 3.33. The van der Waals surface area contributed by atoms with Gasteiger partial charge in [-0.15, -0.1) is 0 Å². The molecule has 1 heterocycles. The van der Waals surface area contributed by atoms with Crippen molar-refractivity contribution in [1.29, 1.82) is 0 Å². The number of rotatable bonds is 0. The van der Waals surface area contributed by atoms with Crippen molar-refractivity contribution < 1.29 is 4.79 Å². The topological polar surface area (TPSA) is 23.6 Å². The van der Waals surface area contributed by atoms with E-state index in [2.05, 4.69) is 23.8 Å². The van der Waals surface area contributed by atoms with Crippen LogP contribution in [-0.4, -0.2) is 48.9 Å². The number of benzene rings is 1. The Bertz CT molecular complexity index is 436. The van der Waals surface area contributed by atoms with E-state index < -0.39 is 0 Å². The van der Waals surface area contributed by atoms with E-state index in [1.807, 2.05) is 35.2 Å². The second kappa shape index (κ2) is 5.51. The van der Waals surface area contributed by atoms with Crippen LogP contribution in [0, 0.1) is 11.8 Å². The van der Waals surface area contributed by atoms with Crippen LogP contribution in [0.25, 0.3) is 0 Å². The lowest BCUT2D eigenvalue weighted by atomic mass is 10.2. The van der Waals surface area contributed by atoms with E-state index in [1.165, 1.54) is 0 Å². The molecule has 1 fully saturated rings. The van der Waals surface area contributed by atoms with Crippen LogP contribution < -0.4 is 0 Å². The normalized spacial score (nSPS) is 16.2. The summed E-state index contributed by atoms with van der Waals surface area (Å²) in [7, 11) is 2.07. The average molecular weight is 228 g/mol. The smallest absolute Gasteiger partial charge is 0.298 e. The summed E-state index contributed by atoms with van der Waals surface area (Å²) in [4.78, 5) is 15.8. The van der Waals surface area contributed by atoms with Crippen LogP contribution in [0.4, 0.5) is 0 Å². The maximum atomic E-state index is 11.8. The van der Waals surface area contributed by atoms with E-state index in [1.54, 1.807) is 0 Å². The summed E-state index contributed by atoms with van der Waals surface area (Å²) in [6, 6.07) is 9.59. The van der Waals surface area contributed by atoms with Crippen LogP contribution in [0.5, 0.6) is 0 Å². The van der Waals surface area contributed by atoms with Crippen molar-refractivity contribution in [1.82, 2.24) is 9.80 Å². The Morgan fingerprint density at radius 3 is 2.41 bits per heavy atom. The largest absolute Gasteiger partial charge is 0.329 e. The first kappa shape index (κ1) is 11.7. The second-order valence-electron chi connectivity index (χ2n) is 4.21. The number of carbonyl (C=O) groups excluding carboxylic acids is 1. The zero-order valence-corrected chi connectivity index (χ0v) is 10.0. The molecule has 3 heteroatoms. The molecule has 0 radical (unpaired) electrons. The minimum Gasteiger partial charge on any atom is -0.329 e. The van der Waals surface area contributed by atoms with Crippen molar-refractivity contribution in [3.63, 3.8) is 0 Å². The van der Waals surface area contributed by atoms with Crippen LogP contribution in [0.1, 0.15) is 5.56 Å². The van der Waals surface area contributed by atoms with Gasteiger partial charge in [0, 0.05) is 37.7 Å². The van der Waals surface area contributed by atoms with Gasteiger partial charge in [0.2, 0.25) is 0 Å². The van der Waals surface area contributed by atoms with Gasteiger partial charge in [-0.3, -0.25) is 4.79 Å². The molecule has 0 atom stereocenters. The number of likely N-dealkylation sites (N-methyl/N-ethyl adjacent to an activating group) is 1. The lowest BCUT2D eigenvalue weighted by Crippen LogP contribution is -2.46. The molecular formula is C14H16N2O. The fourth-order valence-electron chi connectivity index (χ4n) is 1.74. The predicted octanol–water partition coefficient (Wildman–Crippen LogP) is 0.812. The fourth-order valence-corrected chi connectivity index (χ4v) is 1.74. The Morgan fingerprint density at radius 1 is 1.12 bits per heavy atom. The molecular weight excluding hydrogens is 212 g/mol. The third-order valence-corrected chi connectivity index (χ3v) is 2.88. The fraction of sp³-hybridized carbons (Fsp3) is 0.357. The summed E-state index contributed by atoms with van der Waals surface area (Å²) in [5, 5.41) is 0. The Balaban J connectivity index is 1.96. The van der Waals surface area contributed by atoms with Crippen LogP contribution >= 0.6 is 0 Å². The van der Waals surface area contributed by atoms with Crippen molar-refractivity contribution in [2.24, 2.45) is 0 Å². The Kier molecular flexibility index (Phi) is 3.79. The van der Waals surface area contributed by atoms with Gasteiger partial charge in [-0.05, 0) is 19.2 Å². The molecule has 0 bridgehead atoms. The van der Waals surface area contributed by atoms with Crippen LogP contribution in [0.3, 0.4) is 0 Å². The number of hydrogen-bond acceptors (Lipinski definition) is 2. The van der Waals surface area contributed by atoms with E-state index in [-0.39, 0.29) is 5.91 Å². The lowest BCUT2D eigenvalue weighted by molar-refractivity contribution is -0.126. The molecule has 1 aromatic rings. The minimum atomic E-state index is -0.0676. The average Bonchev–Trinajstić information content (AvgIpc) is 2.38. The number of piperazine rings is 1. The van der Waals surface area contributed by atoms with Crippen LogP contribution in [-0.2, 0) is 4.79 Å². The number of carbonyl (C=O) groups is 1. The molecule has 2 rings (SSSR count). The van der Waals surface area contributed by atoms with Crippen molar-refractivity contribution >= 4 is 5.91 Å². The summed E-state index contributed by atoms with van der Waals surface area (Å²) >= 11 is 0. The highest BCUT2D eigenvalue weighted by Crippen LogP contribution is 2.00. The van der Waals surface area contributed by atoms with Gasteiger partial charge in [0.05, 0.1) is 0 Å². The molecule has 0 spiro atoms. The molecule has 1 aliphatic heterocycles. The minimum absolute atomic E-state index is 0.0676. The first-order valence-electron chi connectivity index (χ1n) is 5.80. The van der Waals surface area contributed by atoms with Gasteiger partial charge in [0.25, 0.3) is 5.91 Å². The van der Waals surface area contributed by atoms with Crippen molar-refractivity contribution in [2.45, 2.75) is 0 Å². The quantitative estimate of drug-likeness (QED) is 0.614. The molecule has 17 heavy (non-hydrogen) atoms. The first-order chi connectivity index (χ1) is 8.25. The highest BCUT2D eigenvalue weighted by atomic mass is 16.2. The summed E-state index contributed by atoms with van der Waals surface area (Å²) in [5.41, 5.74) is 0.884. The summed E-state index contributed by atoms with van der Waals surface area (Å²) in [6.07, 6.45) is 0. The van der Waals surface area contributed by atoms with Crippen LogP contribution in [0.15, 0.2) is 30.3 Å².